The van der Waals surface area contributed by atoms with Gasteiger partial charge in [-0.15, -0.1) is 0 Å². The molecule has 6 nitrogen and oxygen atoms in total. The van der Waals surface area contributed by atoms with Crippen LogP contribution in [0.2, 0.25) is 0 Å². The van der Waals surface area contributed by atoms with Crippen molar-refractivity contribution in [1.82, 2.24) is 14.8 Å². The molecule has 0 unspecified atom stereocenters. The van der Waals surface area contributed by atoms with Crippen LogP contribution in [0.1, 0.15) is 10.4 Å². The molecule has 0 aliphatic carbocycles. The number of aromatic carboxylic acids is 1. The minimum Gasteiger partial charge on any atom is -0.478 e. The van der Waals surface area contributed by atoms with E-state index in [0.717, 1.165) is 6.07 Å². The van der Waals surface area contributed by atoms with Crippen LogP contribution in [0.15, 0.2) is 30.7 Å². The number of nitrogens with zero attached hydrogens (tertiary/aromatic N) is 3. The third kappa shape index (κ3) is 2.62. The highest BCUT2D eigenvalue weighted by Gasteiger charge is 2.14. The van der Waals surface area contributed by atoms with Crippen LogP contribution in [-0.2, 0) is 6.54 Å². The fraction of sp³-hybridized carbons (Fsp3) is 0.182. The first-order valence-electron chi connectivity index (χ1n) is 5.27. The number of carbonyl (C=O) groups is 1. The smallest absolute Gasteiger partial charge is 0.338 e. The molecule has 7 heteroatoms. The summed E-state index contributed by atoms with van der Waals surface area (Å²) in [6, 6.07) is 2.90. The molecule has 0 saturated heterocycles. The number of carboxylic acid groups (broad SMARTS) is 1. The fourth-order valence-corrected chi connectivity index (χ4v) is 1.45. The number of hydrogen-bond acceptors (Lipinski definition) is 4. The van der Waals surface area contributed by atoms with Gasteiger partial charge in [0.2, 0.25) is 0 Å². The number of hydrogen-bond donors (Lipinski definition) is 2. The molecule has 0 aliphatic rings. The van der Waals surface area contributed by atoms with Crippen LogP contribution in [0, 0.1) is 5.82 Å². The number of rotatable bonds is 5. The van der Waals surface area contributed by atoms with Crippen LogP contribution >= 0.6 is 0 Å². The largest absolute Gasteiger partial charge is 0.478 e. The zero-order valence-corrected chi connectivity index (χ0v) is 9.38. The van der Waals surface area contributed by atoms with Crippen molar-refractivity contribution >= 4 is 11.8 Å². The summed E-state index contributed by atoms with van der Waals surface area (Å²) >= 11 is 0. The van der Waals surface area contributed by atoms with Gasteiger partial charge in [0, 0.05) is 25.1 Å². The Hall–Kier alpha value is -2.44. The number of halogens is 1. The molecule has 0 aromatic carbocycles. The predicted molar refractivity (Wildman–Crippen MR) is 61.9 cm³/mol. The molecule has 0 atom stereocenters. The summed E-state index contributed by atoms with van der Waals surface area (Å²) in [5.74, 6) is -2.24. The van der Waals surface area contributed by atoms with Gasteiger partial charge >= 0.3 is 5.97 Å². The maximum absolute atomic E-state index is 13.7. The molecule has 0 amide bonds. The summed E-state index contributed by atoms with van der Waals surface area (Å²) in [4.78, 5) is 14.5. The fourth-order valence-electron chi connectivity index (χ4n) is 1.45. The molecule has 2 aromatic rings. The van der Waals surface area contributed by atoms with Crippen molar-refractivity contribution in [2.45, 2.75) is 6.54 Å². The van der Waals surface area contributed by atoms with Gasteiger partial charge in [-0.2, -0.15) is 5.10 Å². The Morgan fingerprint density at radius 2 is 2.33 bits per heavy atom. The lowest BCUT2D eigenvalue weighted by atomic mass is 10.2. The third-order valence-corrected chi connectivity index (χ3v) is 2.31. The summed E-state index contributed by atoms with van der Waals surface area (Å²) in [6.45, 7) is 0.931. The first-order valence-corrected chi connectivity index (χ1v) is 5.27. The lowest BCUT2D eigenvalue weighted by Crippen LogP contribution is -2.14. The van der Waals surface area contributed by atoms with E-state index >= 15 is 0 Å². The number of nitrogens with one attached hydrogen (secondary N) is 1. The normalized spacial score (nSPS) is 10.3. The Kier molecular flexibility index (Phi) is 3.52. The molecule has 0 spiro atoms. The Morgan fingerprint density at radius 3 is 3.00 bits per heavy atom. The minimum absolute atomic E-state index is 0.0675. The molecule has 0 aliphatic heterocycles. The van der Waals surface area contributed by atoms with Crippen molar-refractivity contribution in [3.8, 4) is 0 Å². The molecule has 2 heterocycles. The number of anilines is 1. The maximum atomic E-state index is 13.7. The highest BCUT2D eigenvalue weighted by atomic mass is 19.1. The molecule has 0 radical (unpaired) electrons. The van der Waals surface area contributed by atoms with Crippen molar-refractivity contribution < 1.29 is 14.3 Å². The number of carboxylic acids is 1. The Morgan fingerprint density at radius 1 is 1.50 bits per heavy atom. The minimum atomic E-state index is -1.31. The van der Waals surface area contributed by atoms with Gasteiger partial charge in [0.25, 0.3) is 0 Å². The predicted octanol–water partition coefficient (Wildman–Crippen LogP) is 1.23. The van der Waals surface area contributed by atoms with Gasteiger partial charge in [-0.1, -0.05) is 0 Å². The third-order valence-electron chi connectivity index (χ3n) is 2.31. The molecule has 94 valence electrons. The zero-order chi connectivity index (χ0) is 13.0. The highest BCUT2D eigenvalue weighted by Crippen LogP contribution is 2.14. The van der Waals surface area contributed by atoms with Crippen molar-refractivity contribution in [3.05, 3.63) is 42.1 Å². The van der Waals surface area contributed by atoms with Crippen LogP contribution in [0.25, 0.3) is 0 Å². The van der Waals surface area contributed by atoms with E-state index < -0.39 is 17.3 Å². The lowest BCUT2D eigenvalue weighted by Gasteiger charge is -2.07. The van der Waals surface area contributed by atoms with Gasteiger partial charge in [0.15, 0.2) is 11.6 Å². The molecule has 2 rings (SSSR count). The van der Waals surface area contributed by atoms with E-state index in [1.165, 1.54) is 6.20 Å². The molecule has 0 saturated carbocycles. The average Bonchev–Trinajstić information content (AvgIpc) is 2.84. The van der Waals surface area contributed by atoms with E-state index in [1.807, 2.05) is 0 Å². The molecular weight excluding hydrogens is 239 g/mol. The van der Waals surface area contributed by atoms with Gasteiger partial charge in [0.1, 0.15) is 5.56 Å². The summed E-state index contributed by atoms with van der Waals surface area (Å²) in [5, 5.41) is 15.5. The van der Waals surface area contributed by atoms with Crippen molar-refractivity contribution in [1.29, 1.82) is 0 Å². The van der Waals surface area contributed by atoms with Crippen LogP contribution in [-0.4, -0.2) is 32.4 Å². The van der Waals surface area contributed by atoms with Gasteiger partial charge in [-0.25, -0.2) is 14.2 Å². The Bertz CT molecular complexity index is 542. The molecule has 0 bridgehead atoms. The molecule has 2 N–H and O–H groups in total. The summed E-state index contributed by atoms with van der Waals surface area (Å²) < 4.78 is 15.3. The summed E-state index contributed by atoms with van der Waals surface area (Å²) in [7, 11) is 0. The highest BCUT2D eigenvalue weighted by molar-refractivity contribution is 5.88. The van der Waals surface area contributed by atoms with Gasteiger partial charge in [-0.05, 0) is 12.1 Å². The zero-order valence-electron chi connectivity index (χ0n) is 9.38. The van der Waals surface area contributed by atoms with Gasteiger partial charge < -0.3 is 10.4 Å². The van der Waals surface area contributed by atoms with E-state index in [2.05, 4.69) is 15.4 Å². The summed E-state index contributed by atoms with van der Waals surface area (Å²) in [5.41, 5.74) is -0.397. The van der Waals surface area contributed by atoms with Gasteiger partial charge in [0.05, 0.1) is 6.54 Å². The molecular formula is C11H11FN4O2. The Balaban J connectivity index is 2.01. The van der Waals surface area contributed by atoms with Crippen LogP contribution in [0.4, 0.5) is 10.2 Å². The lowest BCUT2D eigenvalue weighted by molar-refractivity contribution is 0.0692. The van der Waals surface area contributed by atoms with Crippen LogP contribution in [0.3, 0.4) is 0 Å². The molecule has 0 fully saturated rings. The van der Waals surface area contributed by atoms with Crippen LogP contribution < -0.4 is 5.32 Å². The van der Waals surface area contributed by atoms with E-state index in [9.17, 15) is 9.18 Å². The van der Waals surface area contributed by atoms with Crippen molar-refractivity contribution in [2.24, 2.45) is 0 Å². The number of pyridine rings is 1. The van der Waals surface area contributed by atoms with Crippen LogP contribution in [0.5, 0.6) is 0 Å². The SMILES string of the molecule is O=C(O)c1ccnc(NCCn2cccn2)c1F. The monoisotopic (exact) mass is 250 g/mol. The second kappa shape index (κ2) is 5.26. The first kappa shape index (κ1) is 12.0. The average molecular weight is 250 g/mol. The molecule has 18 heavy (non-hydrogen) atoms. The van der Waals surface area contributed by atoms with E-state index in [1.54, 1.807) is 23.1 Å². The van der Waals surface area contributed by atoms with E-state index in [0.29, 0.717) is 13.1 Å². The van der Waals surface area contributed by atoms with Crippen molar-refractivity contribution in [2.75, 3.05) is 11.9 Å². The first-order chi connectivity index (χ1) is 8.68. The Labute approximate surface area is 102 Å². The van der Waals surface area contributed by atoms with Crippen molar-refractivity contribution in [3.63, 3.8) is 0 Å². The maximum Gasteiger partial charge on any atom is 0.338 e. The van der Waals surface area contributed by atoms with Gasteiger partial charge in [-0.3, -0.25) is 4.68 Å². The van der Waals surface area contributed by atoms with E-state index in [-0.39, 0.29) is 5.82 Å². The second-order valence-corrected chi connectivity index (χ2v) is 3.52. The summed E-state index contributed by atoms with van der Waals surface area (Å²) in [6.07, 6.45) is 4.67. The van der Waals surface area contributed by atoms with E-state index in [4.69, 9.17) is 5.11 Å². The quantitative estimate of drug-likeness (QED) is 0.834. The second-order valence-electron chi connectivity index (χ2n) is 3.52. The topological polar surface area (TPSA) is 80.0 Å². The molecule has 2 aromatic heterocycles. The number of aromatic nitrogens is 3. The standard InChI is InChI=1S/C11H11FN4O2/c12-9-8(11(17)18)2-4-13-10(9)14-5-7-16-6-1-3-15-16/h1-4,6H,5,7H2,(H,13,14)(H,17,18).